The van der Waals surface area contributed by atoms with Crippen LogP contribution in [0.5, 0.6) is 0 Å². The van der Waals surface area contributed by atoms with Gasteiger partial charge in [0.2, 0.25) is 0 Å². The van der Waals surface area contributed by atoms with Crippen LogP contribution in [0.2, 0.25) is 0 Å². The van der Waals surface area contributed by atoms with Crippen LogP contribution in [0, 0.1) is 5.82 Å². The summed E-state index contributed by atoms with van der Waals surface area (Å²) in [5, 5.41) is 15.2. The lowest BCUT2D eigenvalue weighted by atomic mass is 10.1. The molecule has 0 radical (unpaired) electrons. The Morgan fingerprint density at radius 3 is 2.80 bits per heavy atom. The number of hydrogen-bond donors (Lipinski definition) is 3. The Balaban J connectivity index is 2.56. The quantitative estimate of drug-likeness (QED) is 0.694. The fourth-order valence-corrected chi connectivity index (χ4v) is 1.39. The number of anilines is 1. The van der Waals surface area contributed by atoms with Gasteiger partial charge in [-0.15, -0.1) is 0 Å². The lowest BCUT2D eigenvalue weighted by Gasteiger charge is -2.03. The number of aromatic amines is 1. The van der Waals surface area contributed by atoms with Gasteiger partial charge < -0.3 is 10.8 Å². The Morgan fingerprint density at radius 1 is 1.40 bits per heavy atom. The van der Waals surface area contributed by atoms with Gasteiger partial charge in [0.15, 0.2) is 0 Å². The van der Waals surface area contributed by atoms with E-state index in [0.29, 0.717) is 22.5 Å². The summed E-state index contributed by atoms with van der Waals surface area (Å²) in [6, 6.07) is 4.37. The smallest absolute Gasteiger partial charge is 0.131 e. The Morgan fingerprint density at radius 2 is 2.20 bits per heavy atom. The molecule has 78 valence electrons. The molecule has 0 unspecified atom stereocenters. The molecule has 1 aromatic heterocycles. The highest BCUT2D eigenvalue weighted by molar-refractivity contribution is 5.73. The third-order valence-corrected chi connectivity index (χ3v) is 2.17. The molecule has 0 saturated heterocycles. The molecule has 4 N–H and O–H groups in total. The van der Waals surface area contributed by atoms with Crippen molar-refractivity contribution in [3.05, 3.63) is 35.8 Å². The van der Waals surface area contributed by atoms with Crippen molar-refractivity contribution in [3.63, 3.8) is 0 Å². The van der Waals surface area contributed by atoms with Crippen LogP contribution >= 0.6 is 0 Å². The van der Waals surface area contributed by atoms with Gasteiger partial charge in [-0.05, 0) is 17.7 Å². The third-order valence-electron chi connectivity index (χ3n) is 2.17. The summed E-state index contributed by atoms with van der Waals surface area (Å²) in [5.74, 6) is -0.0794. The van der Waals surface area contributed by atoms with Gasteiger partial charge in [-0.3, -0.25) is 5.10 Å². The molecule has 0 spiro atoms. The highest BCUT2D eigenvalue weighted by Crippen LogP contribution is 2.27. The minimum absolute atomic E-state index is 0.134. The standard InChI is InChI=1S/C10H10FN3O/c11-9-2-1-6(5-15)3-7(9)8-4-13-14-10(8)12/h1-4,15H,5H2,(H3,12,13,14). The first-order chi connectivity index (χ1) is 7.22. The van der Waals surface area contributed by atoms with Gasteiger partial charge in [-0.25, -0.2) is 4.39 Å². The number of aliphatic hydroxyl groups is 1. The van der Waals surface area contributed by atoms with Crippen molar-refractivity contribution in [2.75, 3.05) is 5.73 Å². The van der Waals surface area contributed by atoms with E-state index in [0.717, 1.165) is 0 Å². The number of nitrogens with zero attached hydrogens (tertiary/aromatic N) is 1. The molecule has 2 aromatic rings. The maximum Gasteiger partial charge on any atom is 0.131 e. The van der Waals surface area contributed by atoms with Gasteiger partial charge in [0.25, 0.3) is 0 Å². The molecule has 0 bridgehead atoms. The van der Waals surface area contributed by atoms with Gasteiger partial charge >= 0.3 is 0 Å². The lowest BCUT2D eigenvalue weighted by Crippen LogP contribution is -1.92. The van der Waals surface area contributed by atoms with Crippen LogP contribution in [0.25, 0.3) is 11.1 Å². The number of aliphatic hydroxyl groups excluding tert-OH is 1. The second-order valence-corrected chi connectivity index (χ2v) is 3.17. The van der Waals surface area contributed by atoms with E-state index < -0.39 is 0 Å². The summed E-state index contributed by atoms with van der Waals surface area (Å²) in [4.78, 5) is 0. The zero-order valence-corrected chi connectivity index (χ0v) is 7.87. The summed E-state index contributed by atoms with van der Waals surface area (Å²) in [7, 11) is 0. The predicted octanol–water partition coefficient (Wildman–Crippen LogP) is 1.29. The number of nitrogen functional groups attached to an aromatic ring is 1. The van der Waals surface area contributed by atoms with E-state index >= 15 is 0 Å². The number of benzene rings is 1. The first kappa shape index (κ1) is 9.67. The van der Waals surface area contributed by atoms with Gasteiger partial charge in [0, 0.05) is 11.1 Å². The molecule has 5 heteroatoms. The molecule has 2 rings (SSSR count). The van der Waals surface area contributed by atoms with Crippen molar-refractivity contribution in [3.8, 4) is 11.1 Å². The fraction of sp³-hybridized carbons (Fsp3) is 0.100. The Labute approximate surface area is 85.6 Å². The molecule has 0 aliphatic rings. The van der Waals surface area contributed by atoms with E-state index in [1.165, 1.54) is 18.3 Å². The number of rotatable bonds is 2. The van der Waals surface area contributed by atoms with E-state index in [1.807, 2.05) is 0 Å². The molecule has 0 saturated carbocycles. The monoisotopic (exact) mass is 207 g/mol. The average Bonchev–Trinajstić information content (AvgIpc) is 2.65. The maximum absolute atomic E-state index is 13.5. The summed E-state index contributed by atoms with van der Waals surface area (Å²) >= 11 is 0. The van der Waals surface area contributed by atoms with Gasteiger partial charge in [0.1, 0.15) is 11.6 Å². The molecular formula is C10H10FN3O. The lowest BCUT2D eigenvalue weighted by molar-refractivity contribution is 0.282. The van der Waals surface area contributed by atoms with Crippen LogP contribution in [0.15, 0.2) is 24.4 Å². The van der Waals surface area contributed by atoms with Crippen molar-refractivity contribution in [1.29, 1.82) is 0 Å². The Hall–Kier alpha value is -1.88. The van der Waals surface area contributed by atoms with E-state index in [9.17, 15) is 4.39 Å². The summed E-state index contributed by atoms with van der Waals surface area (Å²) in [6.07, 6.45) is 1.45. The first-order valence-electron chi connectivity index (χ1n) is 4.41. The summed E-state index contributed by atoms with van der Waals surface area (Å²) in [6.45, 7) is -0.134. The third kappa shape index (κ3) is 1.69. The first-order valence-corrected chi connectivity index (χ1v) is 4.41. The summed E-state index contributed by atoms with van der Waals surface area (Å²) < 4.78 is 13.5. The van der Waals surface area contributed by atoms with E-state index in [2.05, 4.69) is 10.2 Å². The van der Waals surface area contributed by atoms with Gasteiger partial charge in [0.05, 0.1) is 12.8 Å². The van der Waals surface area contributed by atoms with Crippen LogP contribution < -0.4 is 5.73 Å². The summed E-state index contributed by atoms with van der Waals surface area (Å²) in [5.41, 5.74) is 7.06. The van der Waals surface area contributed by atoms with Crippen molar-refractivity contribution >= 4 is 5.82 Å². The van der Waals surface area contributed by atoms with Crippen molar-refractivity contribution in [2.45, 2.75) is 6.61 Å². The number of aromatic nitrogens is 2. The largest absolute Gasteiger partial charge is 0.392 e. The highest BCUT2D eigenvalue weighted by atomic mass is 19.1. The second kappa shape index (κ2) is 3.70. The van der Waals surface area contributed by atoms with E-state index in [1.54, 1.807) is 6.07 Å². The molecular weight excluding hydrogens is 197 g/mol. The number of H-pyrrole nitrogens is 1. The Kier molecular flexibility index (Phi) is 2.39. The van der Waals surface area contributed by atoms with Crippen LogP contribution in [0.4, 0.5) is 10.2 Å². The SMILES string of the molecule is Nc1[nH]ncc1-c1cc(CO)ccc1F. The van der Waals surface area contributed by atoms with Crippen molar-refractivity contribution in [2.24, 2.45) is 0 Å². The maximum atomic E-state index is 13.5. The molecule has 1 heterocycles. The number of nitrogens with one attached hydrogen (secondary N) is 1. The van der Waals surface area contributed by atoms with Crippen LogP contribution in [-0.4, -0.2) is 15.3 Å². The number of nitrogens with two attached hydrogens (primary N) is 1. The molecule has 1 aromatic carbocycles. The zero-order valence-electron chi connectivity index (χ0n) is 7.87. The zero-order chi connectivity index (χ0) is 10.8. The molecule has 0 atom stereocenters. The number of hydrogen-bond acceptors (Lipinski definition) is 3. The topological polar surface area (TPSA) is 74.9 Å². The Bertz CT molecular complexity index is 481. The van der Waals surface area contributed by atoms with Crippen LogP contribution in [0.1, 0.15) is 5.56 Å². The van der Waals surface area contributed by atoms with E-state index in [-0.39, 0.29) is 12.4 Å². The van der Waals surface area contributed by atoms with Gasteiger partial charge in [-0.1, -0.05) is 6.07 Å². The minimum atomic E-state index is -0.389. The molecule has 0 fully saturated rings. The highest BCUT2D eigenvalue weighted by Gasteiger charge is 2.10. The fourth-order valence-electron chi connectivity index (χ4n) is 1.39. The molecule has 4 nitrogen and oxygen atoms in total. The predicted molar refractivity (Wildman–Crippen MR) is 54.3 cm³/mol. The minimum Gasteiger partial charge on any atom is -0.392 e. The molecule has 0 aliphatic carbocycles. The van der Waals surface area contributed by atoms with Crippen LogP contribution in [-0.2, 0) is 6.61 Å². The normalized spacial score (nSPS) is 10.5. The van der Waals surface area contributed by atoms with Crippen molar-refractivity contribution in [1.82, 2.24) is 10.2 Å². The molecule has 15 heavy (non-hydrogen) atoms. The number of halogens is 1. The second-order valence-electron chi connectivity index (χ2n) is 3.17. The van der Waals surface area contributed by atoms with Crippen molar-refractivity contribution < 1.29 is 9.50 Å². The van der Waals surface area contributed by atoms with Gasteiger partial charge in [-0.2, -0.15) is 5.10 Å². The molecule has 0 amide bonds. The van der Waals surface area contributed by atoms with Crippen LogP contribution in [0.3, 0.4) is 0 Å². The van der Waals surface area contributed by atoms with E-state index in [4.69, 9.17) is 10.8 Å². The molecule has 0 aliphatic heterocycles. The average molecular weight is 207 g/mol.